The van der Waals surface area contributed by atoms with Crippen LogP contribution in [0.3, 0.4) is 0 Å². The smallest absolute Gasteiger partial charge is 0.123 e. The van der Waals surface area contributed by atoms with Crippen LogP contribution in [0, 0.1) is 0 Å². The molecule has 0 radical (unpaired) electrons. The van der Waals surface area contributed by atoms with E-state index >= 15 is 0 Å². The molecule has 2 aromatic carbocycles. The van der Waals surface area contributed by atoms with Crippen molar-refractivity contribution in [2.24, 2.45) is 5.73 Å². The van der Waals surface area contributed by atoms with E-state index in [0.29, 0.717) is 12.3 Å². The van der Waals surface area contributed by atoms with Gasteiger partial charge in [0.15, 0.2) is 0 Å². The van der Waals surface area contributed by atoms with E-state index in [0.717, 1.165) is 23.6 Å². The fourth-order valence-corrected chi connectivity index (χ4v) is 1.76. The minimum Gasteiger partial charge on any atom is -0.507 e. The van der Waals surface area contributed by atoms with E-state index in [4.69, 9.17) is 5.73 Å². The van der Waals surface area contributed by atoms with Crippen molar-refractivity contribution in [3.63, 3.8) is 0 Å². The molecule has 2 aromatic rings. The molecule has 0 aromatic heterocycles. The van der Waals surface area contributed by atoms with Gasteiger partial charge in [-0.2, -0.15) is 0 Å². The van der Waals surface area contributed by atoms with E-state index in [1.54, 1.807) is 6.07 Å². The Balaban J connectivity index is 2.41. The Morgan fingerprint density at radius 1 is 1.13 bits per heavy atom. The number of phenolic OH excluding ortho intramolecular Hbond substituents is 1. The van der Waals surface area contributed by atoms with Gasteiger partial charge in [0.05, 0.1) is 0 Å². The number of benzene rings is 2. The van der Waals surface area contributed by atoms with Gasteiger partial charge in [0, 0.05) is 5.39 Å². The van der Waals surface area contributed by atoms with Crippen LogP contribution in [0.1, 0.15) is 12.0 Å². The lowest BCUT2D eigenvalue weighted by Crippen LogP contribution is -2.00. The zero-order valence-electron chi connectivity index (χ0n) is 8.61. The molecule has 0 aliphatic carbocycles. The van der Waals surface area contributed by atoms with Crippen LogP contribution in [0.2, 0.25) is 0 Å². The molecule has 0 spiro atoms. The maximum atomic E-state index is 9.70. The molecule has 0 bridgehead atoms. The van der Waals surface area contributed by atoms with Gasteiger partial charge >= 0.3 is 0 Å². The van der Waals surface area contributed by atoms with Crippen molar-refractivity contribution in [3.8, 4) is 5.75 Å². The topological polar surface area (TPSA) is 46.2 Å². The van der Waals surface area contributed by atoms with Crippen LogP contribution < -0.4 is 5.73 Å². The summed E-state index contributed by atoms with van der Waals surface area (Å²) in [6, 6.07) is 11.8. The summed E-state index contributed by atoms with van der Waals surface area (Å²) < 4.78 is 0. The molecule has 0 aliphatic rings. The highest BCUT2D eigenvalue weighted by Gasteiger charge is 2.00. The van der Waals surface area contributed by atoms with Crippen molar-refractivity contribution in [2.75, 3.05) is 6.54 Å². The molecule has 0 heterocycles. The molecule has 3 N–H and O–H groups in total. The summed E-state index contributed by atoms with van der Waals surface area (Å²) in [6.45, 7) is 0.707. The Morgan fingerprint density at radius 2 is 2.00 bits per heavy atom. The summed E-state index contributed by atoms with van der Waals surface area (Å²) in [5.74, 6) is 0.349. The molecular weight excluding hydrogens is 186 g/mol. The number of rotatable bonds is 3. The maximum absolute atomic E-state index is 9.70. The average molecular weight is 201 g/mol. The first-order chi connectivity index (χ1) is 7.31. The second-order valence-corrected chi connectivity index (χ2v) is 3.72. The fraction of sp³-hybridized carbons (Fsp3) is 0.231. The monoisotopic (exact) mass is 201 g/mol. The van der Waals surface area contributed by atoms with Crippen molar-refractivity contribution in [1.82, 2.24) is 0 Å². The van der Waals surface area contributed by atoms with Crippen LogP contribution in [-0.2, 0) is 6.42 Å². The van der Waals surface area contributed by atoms with Crippen molar-refractivity contribution in [3.05, 3.63) is 42.0 Å². The molecule has 78 valence electrons. The summed E-state index contributed by atoms with van der Waals surface area (Å²) in [5, 5.41) is 11.7. The molecule has 2 nitrogen and oxygen atoms in total. The zero-order valence-corrected chi connectivity index (χ0v) is 8.61. The van der Waals surface area contributed by atoms with Gasteiger partial charge in [0.25, 0.3) is 0 Å². The van der Waals surface area contributed by atoms with Gasteiger partial charge in [-0.15, -0.1) is 0 Å². The minimum absolute atomic E-state index is 0.349. The molecule has 2 heteroatoms. The van der Waals surface area contributed by atoms with Crippen molar-refractivity contribution in [2.45, 2.75) is 12.8 Å². The summed E-state index contributed by atoms with van der Waals surface area (Å²) in [7, 11) is 0. The Morgan fingerprint density at radius 3 is 2.80 bits per heavy atom. The summed E-state index contributed by atoms with van der Waals surface area (Å²) in [6.07, 6.45) is 1.96. The van der Waals surface area contributed by atoms with Crippen LogP contribution in [0.15, 0.2) is 36.4 Å². The molecule has 0 fully saturated rings. The van der Waals surface area contributed by atoms with Crippen LogP contribution in [0.4, 0.5) is 0 Å². The van der Waals surface area contributed by atoms with E-state index in [9.17, 15) is 5.11 Å². The van der Waals surface area contributed by atoms with Gasteiger partial charge in [0.2, 0.25) is 0 Å². The quantitative estimate of drug-likeness (QED) is 0.801. The van der Waals surface area contributed by atoms with Crippen LogP contribution in [-0.4, -0.2) is 11.7 Å². The fourth-order valence-electron chi connectivity index (χ4n) is 1.76. The Bertz CT molecular complexity index is 465. The van der Waals surface area contributed by atoms with Crippen LogP contribution in [0.25, 0.3) is 10.8 Å². The van der Waals surface area contributed by atoms with E-state index in [1.807, 2.05) is 24.3 Å². The van der Waals surface area contributed by atoms with Crippen molar-refractivity contribution in [1.29, 1.82) is 0 Å². The molecule has 0 amide bonds. The summed E-state index contributed by atoms with van der Waals surface area (Å²) >= 11 is 0. The minimum atomic E-state index is 0.349. The first-order valence-corrected chi connectivity index (χ1v) is 5.22. The SMILES string of the molecule is NCCCc1ccc2cccc(O)c2c1. The third-order valence-electron chi connectivity index (χ3n) is 2.59. The van der Waals surface area contributed by atoms with E-state index in [1.165, 1.54) is 5.56 Å². The predicted octanol–water partition coefficient (Wildman–Crippen LogP) is 2.44. The Hall–Kier alpha value is -1.54. The number of nitrogens with two attached hydrogens (primary N) is 1. The van der Waals surface area contributed by atoms with Crippen molar-refractivity contribution >= 4 is 10.8 Å². The predicted molar refractivity (Wildman–Crippen MR) is 63.0 cm³/mol. The highest BCUT2D eigenvalue weighted by molar-refractivity contribution is 5.88. The molecule has 0 atom stereocenters. The Labute approximate surface area is 89.3 Å². The molecule has 2 rings (SSSR count). The lowest BCUT2D eigenvalue weighted by Gasteiger charge is -2.04. The molecule has 15 heavy (non-hydrogen) atoms. The van der Waals surface area contributed by atoms with Crippen LogP contribution in [0.5, 0.6) is 5.75 Å². The molecule has 0 saturated heterocycles. The van der Waals surface area contributed by atoms with Gasteiger partial charge in [-0.3, -0.25) is 0 Å². The number of hydrogen-bond donors (Lipinski definition) is 2. The van der Waals surface area contributed by atoms with Gasteiger partial charge in [-0.05, 0) is 42.5 Å². The second-order valence-electron chi connectivity index (χ2n) is 3.72. The number of aromatic hydroxyl groups is 1. The van der Waals surface area contributed by atoms with Gasteiger partial charge in [0.1, 0.15) is 5.75 Å². The standard InChI is InChI=1S/C13H15NO/c14-8-2-3-10-6-7-11-4-1-5-13(15)12(11)9-10/h1,4-7,9,15H,2-3,8,14H2. The van der Waals surface area contributed by atoms with Crippen LogP contribution >= 0.6 is 0 Å². The van der Waals surface area contributed by atoms with E-state index in [2.05, 4.69) is 6.07 Å². The highest BCUT2D eigenvalue weighted by Crippen LogP contribution is 2.25. The van der Waals surface area contributed by atoms with E-state index in [-0.39, 0.29) is 0 Å². The van der Waals surface area contributed by atoms with Gasteiger partial charge in [-0.1, -0.05) is 24.3 Å². The Kier molecular flexibility index (Phi) is 2.88. The molecular formula is C13H15NO. The first kappa shape index (κ1) is 9.99. The molecule has 0 saturated carbocycles. The normalized spacial score (nSPS) is 10.7. The second kappa shape index (κ2) is 4.32. The number of phenols is 1. The zero-order chi connectivity index (χ0) is 10.7. The van der Waals surface area contributed by atoms with Gasteiger partial charge < -0.3 is 10.8 Å². The summed E-state index contributed by atoms with van der Waals surface area (Å²) in [5.41, 5.74) is 6.70. The largest absolute Gasteiger partial charge is 0.507 e. The van der Waals surface area contributed by atoms with Crippen molar-refractivity contribution < 1.29 is 5.11 Å². The molecule has 0 unspecified atom stereocenters. The highest BCUT2D eigenvalue weighted by atomic mass is 16.3. The third kappa shape index (κ3) is 2.10. The lowest BCUT2D eigenvalue weighted by atomic mass is 10.0. The summed E-state index contributed by atoms with van der Waals surface area (Å²) in [4.78, 5) is 0. The van der Waals surface area contributed by atoms with E-state index < -0.39 is 0 Å². The average Bonchev–Trinajstić information content (AvgIpc) is 2.27. The third-order valence-corrected chi connectivity index (χ3v) is 2.59. The first-order valence-electron chi connectivity index (χ1n) is 5.22. The number of fused-ring (bicyclic) bond motifs is 1. The lowest BCUT2D eigenvalue weighted by molar-refractivity contribution is 0.481. The maximum Gasteiger partial charge on any atom is 0.123 e. The van der Waals surface area contributed by atoms with Gasteiger partial charge in [-0.25, -0.2) is 0 Å². The number of aryl methyl sites for hydroxylation is 1. The molecule has 0 aliphatic heterocycles. The number of hydrogen-bond acceptors (Lipinski definition) is 2.